The van der Waals surface area contributed by atoms with Crippen LogP contribution in [0.1, 0.15) is 21.8 Å². The van der Waals surface area contributed by atoms with Crippen LogP contribution in [0.5, 0.6) is 0 Å². The molecule has 8 nitrogen and oxygen atoms in total. The number of fused-ring (bicyclic) bond motifs is 1. The number of benzene rings is 1. The van der Waals surface area contributed by atoms with E-state index in [2.05, 4.69) is 26.6 Å². The van der Waals surface area contributed by atoms with E-state index in [0.29, 0.717) is 16.6 Å². The third-order valence-electron chi connectivity index (χ3n) is 5.13. The van der Waals surface area contributed by atoms with Gasteiger partial charge >= 0.3 is 12.4 Å². The second-order valence-corrected chi connectivity index (χ2v) is 11.0. The van der Waals surface area contributed by atoms with Crippen LogP contribution in [0, 0.1) is 11.8 Å². The van der Waals surface area contributed by atoms with E-state index in [1.807, 2.05) is 0 Å². The van der Waals surface area contributed by atoms with Crippen molar-refractivity contribution in [2.75, 3.05) is 13.2 Å². The number of sulfonamides is 1. The van der Waals surface area contributed by atoms with Gasteiger partial charge < -0.3 is 10.2 Å². The Bertz CT molecular complexity index is 1680. The second kappa shape index (κ2) is 10.6. The highest BCUT2D eigenvalue weighted by Gasteiger charge is 2.36. The first-order valence-electron chi connectivity index (χ1n) is 10.7. The molecule has 0 amide bonds. The number of aliphatic hydroxyl groups excluding tert-OH is 2. The van der Waals surface area contributed by atoms with E-state index < -0.39 is 52.9 Å². The molecule has 0 fully saturated rings. The van der Waals surface area contributed by atoms with Gasteiger partial charge in [-0.15, -0.1) is 11.3 Å². The van der Waals surface area contributed by atoms with Crippen LogP contribution in [0.3, 0.4) is 0 Å². The van der Waals surface area contributed by atoms with Crippen LogP contribution in [-0.4, -0.2) is 52.5 Å². The van der Waals surface area contributed by atoms with E-state index in [-0.39, 0.29) is 31.7 Å². The van der Waals surface area contributed by atoms with Gasteiger partial charge in [-0.3, -0.25) is 0 Å². The van der Waals surface area contributed by atoms with Gasteiger partial charge in [-0.25, -0.2) is 22.6 Å². The zero-order chi connectivity index (χ0) is 28.6. The maximum atomic E-state index is 13.8. The van der Waals surface area contributed by atoms with Gasteiger partial charge in [0, 0.05) is 11.6 Å². The summed E-state index contributed by atoms with van der Waals surface area (Å²) in [6, 6.07) is 6.89. The lowest BCUT2D eigenvalue weighted by Crippen LogP contribution is -2.39. The van der Waals surface area contributed by atoms with Crippen molar-refractivity contribution in [3.05, 3.63) is 70.4 Å². The monoisotopic (exact) mass is 590 g/mol. The fourth-order valence-electron chi connectivity index (χ4n) is 3.31. The Labute approximate surface area is 220 Å². The Balaban J connectivity index is 1.71. The van der Waals surface area contributed by atoms with Gasteiger partial charge in [0.05, 0.1) is 35.4 Å². The van der Waals surface area contributed by atoms with Gasteiger partial charge in [-0.05, 0) is 42.2 Å². The third kappa shape index (κ3) is 6.40. The average Bonchev–Trinajstić information content (AvgIpc) is 3.51. The molecule has 0 unspecified atom stereocenters. The van der Waals surface area contributed by atoms with Crippen LogP contribution in [0.25, 0.3) is 16.9 Å². The van der Waals surface area contributed by atoms with Crippen molar-refractivity contribution >= 4 is 27.0 Å². The Morgan fingerprint density at radius 3 is 2.33 bits per heavy atom. The number of nitrogens with one attached hydrogen (secondary N) is 1. The predicted octanol–water partition coefficient (Wildman–Crippen LogP) is 3.53. The van der Waals surface area contributed by atoms with E-state index >= 15 is 0 Å². The molecular formula is C23H16F6N4O4S2. The van der Waals surface area contributed by atoms with Crippen molar-refractivity contribution in [1.29, 1.82) is 0 Å². The molecule has 3 heterocycles. The SMILES string of the molecule is O=S(=O)(NC(CO)CO)c1ccc(C#Cc2cc3nc(-c4cccc(C(F)(F)F)c4)cc(C(F)(F)F)n3n2)s1. The number of nitrogens with zero attached hydrogens (tertiary/aromatic N) is 3. The molecule has 0 radical (unpaired) electrons. The highest BCUT2D eigenvalue weighted by atomic mass is 32.2. The number of halogens is 6. The van der Waals surface area contributed by atoms with E-state index in [0.717, 1.165) is 29.5 Å². The number of aromatic nitrogens is 3. The summed E-state index contributed by atoms with van der Waals surface area (Å²) < 4.78 is 108. The van der Waals surface area contributed by atoms with E-state index in [9.17, 15) is 34.8 Å². The lowest BCUT2D eigenvalue weighted by atomic mass is 10.1. The summed E-state index contributed by atoms with van der Waals surface area (Å²) in [5.74, 6) is 5.11. The van der Waals surface area contributed by atoms with Gasteiger partial charge in [0.25, 0.3) is 10.0 Å². The first-order valence-corrected chi connectivity index (χ1v) is 13.0. The molecular weight excluding hydrogens is 574 g/mol. The normalized spacial score (nSPS) is 12.6. The first kappa shape index (κ1) is 28.5. The molecule has 4 aromatic rings. The molecule has 0 spiro atoms. The lowest BCUT2D eigenvalue weighted by molar-refractivity contribution is -0.142. The van der Waals surface area contributed by atoms with Crippen molar-refractivity contribution in [3.8, 4) is 23.1 Å². The number of thiophene rings is 1. The highest BCUT2D eigenvalue weighted by Crippen LogP contribution is 2.35. The molecule has 3 N–H and O–H groups in total. The maximum absolute atomic E-state index is 13.8. The van der Waals surface area contributed by atoms with Gasteiger partial charge in [0.2, 0.25) is 0 Å². The first-order chi connectivity index (χ1) is 18.2. The molecule has 0 atom stereocenters. The number of aliphatic hydroxyl groups is 2. The van der Waals surface area contributed by atoms with Crippen molar-refractivity contribution < 1.29 is 45.0 Å². The minimum absolute atomic E-state index is 0.161. The quantitative estimate of drug-likeness (QED) is 0.234. The maximum Gasteiger partial charge on any atom is 0.433 e. The molecule has 16 heteroatoms. The summed E-state index contributed by atoms with van der Waals surface area (Å²) >= 11 is 0.730. The van der Waals surface area contributed by atoms with Crippen molar-refractivity contribution in [3.63, 3.8) is 0 Å². The molecule has 206 valence electrons. The zero-order valence-corrected chi connectivity index (χ0v) is 20.9. The van der Waals surface area contributed by atoms with Crippen LogP contribution >= 0.6 is 11.3 Å². The zero-order valence-electron chi connectivity index (χ0n) is 19.2. The standard InChI is InChI=1S/C23H16F6N4O4S2/c24-22(25,26)14-3-1-2-13(8-14)18-10-19(23(27,28)29)33-20(30-18)9-15(31-33)4-5-17-6-7-21(38-17)39(36,37)32-16(11-34)12-35/h1-3,6-10,16,32,34-35H,11-12H2. The van der Waals surface area contributed by atoms with Gasteiger partial charge in [-0.2, -0.15) is 31.4 Å². The van der Waals surface area contributed by atoms with Gasteiger partial charge in [0.1, 0.15) is 9.90 Å². The Morgan fingerprint density at radius 1 is 0.974 bits per heavy atom. The van der Waals surface area contributed by atoms with Crippen LogP contribution in [0.15, 0.2) is 52.7 Å². The lowest BCUT2D eigenvalue weighted by Gasteiger charge is -2.12. The molecule has 4 rings (SSSR count). The van der Waals surface area contributed by atoms with Crippen LogP contribution < -0.4 is 4.72 Å². The second-order valence-electron chi connectivity index (χ2n) is 7.95. The number of rotatable bonds is 6. The molecule has 0 aliphatic rings. The summed E-state index contributed by atoms with van der Waals surface area (Å²) in [7, 11) is -4.08. The molecule has 0 bridgehead atoms. The molecule has 0 aliphatic heterocycles. The minimum atomic E-state index is -4.93. The molecule has 1 aromatic carbocycles. The smallest absolute Gasteiger partial charge is 0.395 e. The van der Waals surface area contributed by atoms with Crippen LogP contribution in [0.4, 0.5) is 26.3 Å². The summed E-state index contributed by atoms with van der Waals surface area (Å²) in [4.78, 5) is 4.25. The fraction of sp³-hybridized carbons (Fsp3) is 0.217. The average molecular weight is 591 g/mol. The van der Waals surface area contributed by atoms with Crippen molar-refractivity contribution in [2.24, 2.45) is 0 Å². The molecule has 3 aromatic heterocycles. The highest BCUT2D eigenvalue weighted by molar-refractivity contribution is 7.91. The van der Waals surface area contributed by atoms with Crippen LogP contribution in [0.2, 0.25) is 0 Å². The summed E-state index contributed by atoms with van der Waals surface area (Å²) in [6.07, 6.45) is -9.64. The van der Waals surface area contributed by atoms with E-state index in [4.69, 9.17) is 10.2 Å². The topological polar surface area (TPSA) is 117 Å². The summed E-state index contributed by atoms with van der Waals surface area (Å²) in [5, 5.41) is 21.9. The molecule has 0 saturated heterocycles. The Hall–Kier alpha value is -3.49. The molecule has 0 aliphatic carbocycles. The van der Waals surface area contributed by atoms with Gasteiger partial charge in [-0.1, -0.05) is 12.1 Å². The fourth-order valence-corrected chi connectivity index (χ4v) is 5.70. The van der Waals surface area contributed by atoms with E-state index in [1.54, 1.807) is 0 Å². The van der Waals surface area contributed by atoms with E-state index in [1.165, 1.54) is 18.2 Å². The number of hydrogen-bond donors (Lipinski definition) is 3. The van der Waals surface area contributed by atoms with Crippen molar-refractivity contribution in [1.82, 2.24) is 19.3 Å². The largest absolute Gasteiger partial charge is 0.433 e. The number of alkyl halides is 6. The number of hydrogen-bond acceptors (Lipinski definition) is 7. The molecule has 39 heavy (non-hydrogen) atoms. The Kier molecular flexibility index (Phi) is 7.74. The van der Waals surface area contributed by atoms with Gasteiger partial charge in [0.15, 0.2) is 11.3 Å². The van der Waals surface area contributed by atoms with Crippen LogP contribution in [-0.2, 0) is 22.4 Å². The Morgan fingerprint density at radius 2 is 1.69 bits per heavy atom. The minimum Gasteiger partial charge on any atom is -0.395 e. The molecule has 0 saturated carbocycles. The summed E-state index contributed by atoms with van der Waals surface area (Å²) in [6.45, 7) is -1.27. The van der Waals surface area contributed by atoms with Crippen molar-refractivity contribution in [2.45, 2.75) is 22.6 Å². The third-order valence-corrected chi connectivity index (χ3v) is 8.14. The predicted molar refractivity (Wildman–Crippen MR) is 127 cm³/mol. The summed E-state index contributed by atoms with van der Waals surface area (Å²) in [5.41, 5.74) is -3.36.